The zero-order valence-corrected chi connectivity index (χ0v) is 23.7. The molecule has 41 heavy (non-hydrogen) atoms. The molecular formula is C32H32FN3O4S. The number of amides is 2. The van der Waals surface area contributed by atoms with Crippen molar-refractivity contribution in [1.82, 2.24) is 10.2 Å². The molecule has 0 aliphatic heterocycles. The molecule has 0 saturated carbocycles. The highest BCUT2D eigenvalue weighted by Crippen LogP contribution is 2.27. The molecule has 2 amide bonds. The van der Waals surface area contributed by atoms with Crippen LogP contribution in [0.5, 0.6) is 0 Å². The zero-order chi connectivity index (χ0) is 29.4. The number of carbonyl (C=O) groups excluding carboxylic acids is 2. The first-order chi connectivity index (χ1) is 19.7. The summed E-state index contributed by atoms with van der Waals surface area (Å²) in [6, 6.07) is 28.8. The Morgan fingerprint density at radius 2 is 1.39 bits per heavy atom. The number of nitrogens with zero attached hydrogens (tertiary/aromatic N) is 2. The Hall–Kier alpha value is -4.50. The molecule has 0 aromatic heterocycles. The smallest absolute Gasteiger partial charge is 0.264 e. The summed E-state index contributed by atoms with van der Waals surface area (Å²) in [5.41, 5.74) is 2.43. The van der Waals surface area contributed by atoms with Crippen LogP contribution in [0.3, 0.4) is 0 Å². The van der Waals surface area contributed by atoms with Crippen LogP contribution in [-0.2, 0) is 32.6 Å². The SMILES string of the molecule is CNC(=O)[C@@H](Cc1ccccc1)N(Cc1ccc(F)cc1)C(=O)CN(c1ccccc1C)S(=O)(=O)c1ccccc1. The van der Waals surface area contributed by atoms with Gasteiger partial charge in [-0.3, -0.25) is 13.9 Å². The molecule has 4 aromatic carbocycles. The van der Waals surface area contributed by atoms with Crippen LogP contribution in [0, 0.1) is 12.7 Å². The number of nitrogens with one attached hydrogen (secondary N) is 1. The third-order valence-electron chi connectivity index (χ3n) is 6.78. The van der Waals surface area contributed by atoms with Crippen molar-refractivity contribution in [3.05, 3.63) is 132 Å². The lowest BCUT2D eigenvalue weighted by Crippen LogP contribution is -2.53. The van der Waals surface area contributed by atoms with E-state index in [1.54, 1.807) is 61.5 Å². The monoisotopic (exact) mass is 573 g/mol. The normalized spacial score (nSPS) is 11.9. The number of para-hydroxylation sites is 1. The van der Waals surface area contributed by atoms with Crippen LogP contribution in [-0.4, -0.2) is 44.8 Å². The number of anilines is 1. The summed E-state index contributed by atoms with van der Waals surface area (Å²) in [6.07, 6.45) is 0.198. The third kappa shape index (κ3) is 7.18. The molecule has 4 aromatic rings. The summed E-state index contributed by atoms with van der Waals surface area (Å²) < 4.78 is 42.6. The molecule has 0 fully saturated rings. The Balaban J connectivity index is 1.78. The maximum atomic E-state index is 14.2. The summed E-state index contributed by atoms with van der Waals surface area (Å²) in [4.78, 5) is 28.8. The summed E-state index contributed by atoms with van der Waals surface area (Å²) in [5, 5.41) is 2.64. The second kappa shape index (κ2) is 13.2. The van der Waals surface area contributed by atoms with E-state index in [4.69, 9.17) is 0 Å². The van der Waals surface area contributed by atoms with Gasteiger partial charge in [0.25, 0.3) is 10.0 Å². The van der Waals surface area contributed by atoms with Gasteiger partial charge >= 0.3 is 0 Å². The van der Waals surface area contributed by atoms with Gasteiger partial charge in [-0.25, -0.2) is 12.8 Å². The predicted octanol–water partition coefficient (Wildman–Crippen LogP) is 4.72. The van der Waals surface area contributed by atoms with Crippen LogP contribution in [0.25, 0.3) is 0 Å². The van der Waals surface area contributed by atoms with Gasteiger partial charge in [0.1, 0.15) is 18.4 Å². The first kappa shape index (κ1) is 29.5. The number of hydrogen-bond acceptors (Lipinski definition) is 4. The Morgan fingerprint density at radius 3 is 2.00 bits per heavy atom. The van der Waals surface area contributed by atoms with Crippen molar-refractivity contribution in [3.63, 3.8) is 0 Å². The highest BCUT2D eigenvalue weighted by Gasteiger charge is 2.34. The van der Waals surface area contributed by atoms with Crippen LogP contribution < -0.4 is 9.62 Å². The molecule has 4 rings (SSSR count). The average Bonchev–Trinajstić information content (AvgIpc) is 2.99. The molecule has 9 heteroatoms. The van der Waals surface area contributed by atoms with Crippen molar-refractivity contribution in [3.8, 4) is 0 Å². The number of aryl methyl sites for hydroxylation is 1. The Kier molecular flexibility index (Phi) is 9.52. The van der Waals surface area contributed by atoms with Gasteiger partial charge in [0.05, 0.1) is 10.6 Å². The standard InChI is InChI=1S/C32H32FN3O4S/c1-24-11-9-10-16-29(24)36(41(39,40)28-14-7-4-8-15-28)23-31(37)35(22-26-17-19-27(33)20-18-26)30(32(38)34-2)21-25-12-5-3-6-13-25/h3-20,30H,21-23H2,1-2H3,(H,34,38)/t30-/m1/s1. The Bertz CT molecular complexity index is 1580. The van der Waals surface area contributed by atoms with Gasteiger partial charge in [-0.05, 0) is 53.9 Å². The van der Waals surface area contributed by atoms with Crippen molar-refractivity contribution in [1.29, 1.82) is 0 Å². The summed E-state index contributed by atoms with van der Waals surface area (Å²) in [6.45, 7) is 1.19. The molecule has 0 aliphatic rings. The summed E-state index contributed by atoms with van der Waals surface area (Å²) >= 11 is 0. The van der Waals surface area contributed by atoms with E-state index in [1.165, 1.54) is 36.2 Å². The van der Waals surface area contributed by atoms with E-state index in [9.17, 15) is 22.4 Å². The molecule has 1 atom stereocenters. The fraction of sp³-hybridized carbons (Fsp3) is 0.188. The quantitative estimate of drug-likeness (QED) is 0.282. The lowest BCUT2D eigenvalue weighted by Gasteiger charge is -2.34. The molecule has 0 spiro atoms. The topological polar surface area (TPSA) is 86.8 Å². The van der Waals surface area contributed by atoms with Gasteiger partial charge < -0.3 is 10.2 Å². The minimum absolute atomic E-state index is 0.0307. The van der Waals surface area contributed by atoms with Crippen molar-refractivity contribution < 1.29 is 22.4 Å². The van der Waals surface area contributed by atoms with Gasteiger partial charge in [-0.2, -0.15) is 0 Å². The Labute approximate surface area is 240 Å². The minimum Gasteiger partial charge on any atom is -0.357 e. The number of carbonyl (C=O) groups is 2. The molecule has 0 heterocycles. The molecule has 212 valence electrons. The second-order valence-corrected chi connectivity index (χ2v) is 11.4. The number of likely N-dealkylation sites (N-methyl/N-ethyl adjacent to an activating group) is 1. The fourth-order valence-corrected chi connectivity index (χ4v) is 6.08. The van der Waals surface area contributed by atoms with Gasteiger partial charge in [0, 0.05) is 20.0 Å². The number of sulfonamides is 1. The van der Waals surface area contributed by atoms with Gasteiger partial charge in [-0.15, -0.1) is 0 Å². The first-order valence-corrected chi connectivity index (χ1v) is 14.6. The molecule has 0 bridgehead atoms. The molecular weight excluding hydrogens is 541 g/mol. The van der Waals surface area contributed by atoms with Crippen molar-refractivity contribution >= 4 is 27.5 Å². The maximum absolute atomic E-state index is 14.2. The van der Waals surface area contributed by atoms with E-state index in [1.807, 2.05) is 30.3 Å². The van der Waals surface area contributed by atoms with E-state index < -0.39 is 40.2 Å². The first-order valence-electron chi connectivity index (χ1n) is 13.1. The lowest BCUT2D eigenvalue weighted by atomic mass is 10.0. The number of benzene rings is 4. The van der Waals surface area contributed by atoms with Gasteiger partial charge in [0.2, 0.25) is 11.8 Å². The van der Waals surface area contributed by atoms with Crippen LogP contribution in [0.4, 0.5) is 10.1 Å². The lowest BCUT2D eigenvalue weighted by molar-refractivity contribution is -0.139. The molecule has 0 unspecified atom stereocenters. The molecule has 1 N–H and O–H groups in total. The van der Waals surface area contributed by atoms with Crippen molar-refractivity contribution in [2.45, 2.75) is 30.8 Å². The van der Waals surface area contributed by atoms with Crippen LogP contribution >= 0.6 is 0 Å². The van der Waals surface area contributed by atoms with Crippen molar-refractivity contribution in [2.24, 2.45) is 0 Å². The third-order valence-corrected chi connectivity index (χ3v) is 8.55. The van der Waals surface area contributed by atoms with Crippen LogP contribution in [0.15, 0.2) is 114 Å². The van der Waals surface area contributed by atoms with E-state index >= 15 is 0 Å². The van der Waals surface area contributed by atoms with E-state index in [2.05, 4.69) is 5.32 Å². The zero-order valence-electron chi connectivity index (χ0n) is 22.9. The van der Waals surface area contributed by atoms with Crippen LogP contribution in [0.1, 0.15) is 16.7 Å². The molecule has 0 aliphatic carbocycles. The predicted molar refractivity (Wildman–Crippen MR) is 157 cm³/mol. The van der Waals surface area contributed by atoms with E-state index in [0.29, 0.717) is 16.8 Å². The maximum Gasteiger partial charge on any atom is 0.264 e. The fourth-order valence-electron chi connectivity index (χ4n) is 4.58. The summed E-state index contributed by atoms with van der Waals surface area (Å²) in [5.74, 6) is -1.42. The number of halogens is 1. The largest absolute Gasteiger partial charge is 0.357 e. The van der Waals surface area contributed by atoms with Crippen LogP contribution in [0.2, 0.25) is 0 Å². The average molecular weight is 574 g/mol. The number of rotatable bonds is 11. The Morgan fingerprint density at radius 1 is 0.805 bits per heavy atom. The summed E-state index contributed by atoms with van der Waals surface area (Å²) in [7, 11) is -2.67. The minimum atomic E-state index is -4.16. The molecule has 0 radical (unpaired) electrons. The van der Waals surface area contributed by atoms with E-state index in [0.717, 1.165) is 9.87 Å². The number of hydrogen-bond donors (Lipinski definition) is 1. The van der Waals surface area contributed by atoms with Crippen molar-refractivity contribution in [2.75, 3.05) is 17.9 Å². The van der Waals surface area contributed by atoms with E-state index in [-0.39, 0.29) is 17.9 Å². The highest BCUT2D eigenvalue weighted by atomic mass is 32.2. The second-order valence-electron chi connectivity index (χ2n) is 9.58. The van der Waals surface area contributed by atoms with Gasteiger partial charge in [0.15, 0.2) is 0 Å². The highest BCUT2D eigenvalue weighted by molar-refractivity contribution is 7.92. The molecule has 7 nitrogen and oxygen atoms in total. The molecule has 0 saturated heterocycles. The van der Waals surface area contributed by atoms with Gasteiger partial charge in [-0.1, -0.05) is 78.9 Å².